The van der Waals surface area contributed by atoms with Crippen LogP contribution in [0, 0.1) is 23.7 Å². The minimum absolute atomic E-state index is 0.137. The number of aromatic amines is 1. The van der Waals surface area contributed by atoms with E-state index in [1.165, 1.54) is 6.21 Å². The Bertz CT molecular complexity index is 585. The number of aromatic nitrogens is 1. The van der Waals surface area contributed by atoms with Crippen LogP contribution >= 0.6 is 0 Å². The summed E-state index contributed by atoms with van der Waals surface area (Å²) in [6.07, 6.45) is 9.55. The van der Waals surface area contributed by atoms with Gasteiger partial charge >= 0.3 is 0 Å². The smallest absolute Gasteiger partial charge is 0.254 e. The van der Waals surface area contributed by atoms with Crippen molar-refractivity contribution in [2.24, 2.45) is 28.8 Å². The number of hydrogen-bond acceptors (Lipinski definition) is 3. The van der Waals surface area contributed by atoms with E-state index in [9.17, 15) is 9.59 Å². The van der Waals surface area contributed by atoms with Crippen LogP contribution in [0.2, 0.25) is 0 Å². The van der Waals surface area contributed by atoms with Crippen LogP contribution in [0.3, 0.4) is 0 Å². The van der Waals surface area contributed by atoms with Gasteiger partial charge in [0, 0.05) is 6.20 Å². The Morgan fingerprint density at radius 1 is 1.15 bits per heavy atom. The molecule has 4 atom stereocenters. The number of carbonyl (C=O) groups excluding carboxylic acids is 2. The van der Waals surface area contributed by atoms with Crippen molar-refractivity contribution in [1.82, 2.24) is 9.99 Å². The second kappa shape index (κ2) is 4.16. The Labute approximate surface area is 116 Å². The maximum atomic E-state index is 12.4. The average Bonchev–Trinajstić information content (AvgIpc) is 3.08. The molecule has 20 heavy (non-hydrogen) atoms. The standard InChI is InChI=1S/C15H15N3O2/c19-14-12-9-3-4-10(6-5-9)13(12)15(20)18(14)17-8-11-2-1-7-16-11/h1-4,7-10,12-13,16H,5-6H2/b17-8-/t9-,10-,12-,13-/m0/s1. The molecule has 0 unspecified atom stereocenters. The molecule has 1 N–H and O–H groups in total. The third kappa shape index (κ3) is 1.52. The number of allylic oxidation sites excluding steroid dienone is 2. The summed E-state index contributed by atoms with van der Waals surface area (Å²) in [6, 6.07) is 3.69. The molecule has 2 heterocycles. The van der Waals surface area contributed by atoms with Gasteiger partial charge in [0.05, 0.1) is 23.7 Å². The molecule has 1 aliphatic heterocycles. The maximum absolute atomic E-state index is 12.4. The highest BCUT2D eigenvalue weighted by Crippen LogP contribution is 2.49. The van der Waals surface area contributed by atoms with Crippen molar-refractivity contribution < 1.29 is 9.59 Å². The lowest BCUT2D eigenvalue weighted by molar-refractivity contribution is -0.140. The minimum atomic E-state index is -0.188. The van der Waals surface area contributed by atoms with Gasteiger partial charge in [-0.3, -0.25) is 9.59 Å². The predicted molar refractivity (Wildman–Crippen MR) is 72.6 cm³/mol. The van der Waals surface area contributed by atoms with Gasteiger partial charge in [-0.1, -0.05) is 12.2 Å². The zero-order valence-corrected chi connectivity index (χ0v) is 10.9. The zero-order valence-electron chi connectivity index (χ0n) is 10.9. The fraction of sp³-hybridized carbons (Fsp3) is 0.400. The summed E-state index contributed by atoms with van der Waals surface area (Å²) in [6.45, 7) is 0. The first-order valence-electron chi connectivity index (χ1n) is 6.99. The molecule has 1 aromatic rings. The number of amides is 2. The van der Waals surface area contributed by atoms with Crippen LogP contribution < -0.4 is 0 Å². The molecule has 0 aromatic carbocycles. The molecule has 2 bridgehead atoms. The molecule has 5 rings (SSSR count). The molecule has 102 valence electrons. The van der Waals surface area contributed by atoms with Gasteiger partial charge in [-0.05, 0) is 36.8 Å². The Kier molecular flexibility index (Phi) is 2.42. The summed E-state index contributed by atoms with van der Waals surface area (Å²) in [5.74, 6) is -0.220. The maximum Gasteiger partial charge on any atom is 0.254 e. The molecular weight excluding hydrogens is 254 g/mol. The monoisotopic (exact) mass is 269 g/mol. The van der Waals surface area contributed by atoms with Crippen LogP contribution in [0.4, 0.5) is 0 Å². The number of carbonyl (C=O) groups is 2. The van der Waals surface area contributed by atoms with E-state index in [2.05, 4.69) is 22.2 Å². The van der Waals surface area contributed by atoms with E-state index >= 15 is 0 Å². The minimum Gasteiger partial charge on any atom is -0.360 e. The summed E-state index contributed by atoms with van der Waals surface area (Å²) < 4.78 is 0. The summed E-state index contributed by atoms with van der Waals surface area (Å²) in [5.41, 5.74) is 0.779. The van der Waals surface area contributed by atoms with Crippen molar-refractivity contribution in [3.63, 3.8) is 0 Å². The molecule has 2 fully saturated rings. The number of nitrogens with one attached hydrogen (secondary N) is 1. The van der Waals surface area contributed by atoms with E-state index in [0.29, 0.717) is 0 Å². The fourth-order valence-corrected chi connectivity index (χ4v) is 3.72. The van der Waals surface area contributed by atoms with E-state index in [1.54, 1.807) is 6.20 Å². The second-order valence-electron chi connectivity index (χ2n) is 5.70. The lowest BCUT2D eigenvalue weighted by Crippen LogP contribution is -2.38. The van der Waals surface area contributed by atoms with Gasteiger partial charge in [0.25, 0.3) is 11.8 Å². The lowest BCUT2D eigenvalue weighted by atomic mass is 9.63. The SMILES string of the molecule is O=C1[C@@H]2[C@@H](C(=O)N1/N=C\c1ccc[nH]1)[C@H]1C=C[C@H]2CC1. The summed E-state index contributed by atoms with van der Waals surface area (Å²) >= 11 is 0. The molecule has 0 radical (unpaired) electrons. The van der Waals surface area contributed by atoms with Crippen LogP contribution in [0.1, 0.15) is 18.5 Å². The number of nitrogens with zero attached hydrogens (tertiary/aromatic N) is 2. The van der Waals surface area contributed by atoms with Crippen molar-refractivity contribution >= 4 is 18.0 Å². The quantitative estimate of drug-likeness (QED) is 0.503. The summed E-state index contributed by atoms with van der Waals surface area (Å²) in [5, 5.41) is 5.18. The molecule has 3 aliphatic carbocycles. The van der Waals surface area contributed by atoms with E-state index in [1.807, 2.05) is 12.1 Å². The molecule has 5 heteroatoms. The molecule has 4 aliphatic rings. The van der Waals surface area contributed by atoms with Gasteiger partial charge in [-0.25, -0.2) is 0 Å². The zero-order chi connectivity index (χ0) is 13.7. The highest BCUT2D eigenvalue weighted by atomic mass is 16.2. The molecule has 1 saturated heterocycles. The van der Waals surface area contributed by atoms with Gasteiger partial charge in [-0.2, -0.15) is 10.1 Å². The summed E-state index contributed by atoms with van der Waals surface area (Å²) in [4.78, 5) is 27.9. The van der Waals surface area contributed by atoms with Crippen LogP contribution in [0.15, 0.2) is 35.6 Å². The van der Waals surface area contributed by atoms with Gasteiger partial charge in [-0.15, -0.1) is 0 Å². The lowest BCUT2D eigenvalue weighted by Gasteiger charge is -2.37. The van der Waals surface area contributed by atoms with Gasteiger partial charge in [0.1, 0.15) is 0 Å². The Balaban J connectivity index is 1.64. The number of hydrazone groups is 1. The van der Waals surface area contributed by atoms with Gasteiger partial charge in [0.15, 0.2) is 0 Å². The average molecular weight is 269 g/mol. The number of rotatable bonds is 2. The van der Waals surface area contributed by atoms with Gasteiger partial charge in [0.2, 0.25) is 0 Å². The first kappa shape index (κ1) is 11.6. The Morgan fingerprint density at radius 3 is 2.30 bits per heavy atom. The molecule has 0 spiro atoms. The van der Waals surface area contributed by atoms with Crippen molar-refractivity contribution in [2.45, 2.75) is 12.8 Å². The van der Waals surface area contributed by atoms with E-state index in [0.717, 1.165) is 23.5 Å². The first-order chi connectivity index (χ1) is 9.75. The Morgan fingerprint density at radius 2 is 1.80 bits per heavy atom. The topological polar surface area (TPSA) is 65.5 Å². The van der Waals surface area contributed by atoms with Crippen LogP contribution in [-0.2, 0) is 9.59 Å². The van der Waals surface area contributed by atoms with Crippen LogP contribution in [0.5, 0.6) is 0 Å². The van der Waals surface area contributed by atoms with Crippen LogP contribution in [0.25, 0.3) is 0 Å². The largest absolute Gasteiger partial charge is 0.360 e. The molecule has 1 aromatic heterocycles. The van der Waals surface area contributed by atoms with E-state index in [4.69, 9.17) is 0 Å². The molecule has 2 amide bonds. The molecular formula is C15H15N3O2. The molecule has 1 saturated carbocycles. The fourth-order valence-electron chi connectivity index (χ4n) is 3.72. The Hall–Kier alpha value is -2.17. The van der Waals surface area contributed by atoms with Crippen molar-refractivity contribution in [2.75, 3.05) is 0 Å². The van der Waals surface area contributed by atoms with Gasteiger partial charge < -0.3 is 4.98 Å². The number of fused-ring (bicyclic) bond motifs is 1. The predicted octanol–water partition coefficient (Wildman–Crippen LogP) is 1.55. The van der Waals surface area contributed by atoms with E-state index < -0.39 is 0 Å². The van der Waals surface area contributed by atoms with Crippen molar-refractivity contribution in [3.8, 4) is 0 Å². The second-order valence-corrected chi connectivity index (χ2v) is 5.70. The van der Waals surface area contributed by atoms with Crippen LogP contribution in [-0.4, -0.2) is 28.0 Å². The normalized spacial score (nSPS) is 35.3. The number of hydrogen-bond donors (Lipinski definition) is 1. The molecule has 5 nitrogen and oxygen atoms in total. The number of H-pyrrole nitrogens is 1. The van der Waals surface area contributed by atoms with Crippen molar-refractivity contribution in [1.29, 1.82) is 0 Å². The highest BCUT2D eigenvalue weighted by molar-refractivity contribution is 6.06. The highest BCUT2D eigenvalue weighted by Gasteiger charge is 2.56. The third-order valence-corrected chi connectivity index (χ3v) is 4.67. The summed E-state index contributed by atoms with van der Waals surface area (Å²) in [7, 11) is 0. The number of imide groups is 1. The first-order valence-corrected chi connectivity index (χ1v) is 6.99. The van der Waals surface area contributed by atoms with Crippen molar-refractivity contribution in [3.05, 3.63) is 36.2 Å². The third-order valence-electron chi connectivity index (χ3n) is 4.67. The van der Waals surface area contributed by atoms with E-state index in [-0.39, 0.29) is 35.5 Å².